The molecule has 0 aliphatic rings. The van der Waals surface area contributed by atoms with Gasteiger partial charge >= 0.3 is 6.03 Å². The summed E-state index contributed by atoms with van der Waals surface area (Å²) in [6.07, 6.45) is 1.72. The lowest BCUT2D eigenvalue weighted by molar-refractivity contribution is 0.224. The number of nitrogens with one attached hydrogen (secondary N) is 2. The molecular formula is C16H28N2O3. The molecule has 0 saturated heterocycles. The van der Waals surface area contributed by atoms with Crippen LogP contribution in [0.5, 0.6) is 0 Å². The first-order valence-electron chi connectivity index (χ1n) is 7.60. The summed E-state index contributed by atoms with van der Waals surface area (Å²) in [6, 6.07) is 1.75. The van der Waals surface area contributed by atoms with Crippen molar-refractivity contribution < 1.29 is 14.3 Å². The van der Waals surface area contributed by atoms with E-state index in [9.17, 15) is 4.79 Å². The van der Waals surface area contributed by atoms with E-state index in [0.717, 1.165) is 29.9 Å². The molecule has 0 fully saturated rings. The van der Waals surface area contributed by atoms with E-state index in [2.05, 4.69) is 24.5 Å². The van der Waals surface area contributed by atoms with Gasteiger partial charge in [-0.2, -0.15) is 0 Å². The number of aryl methyl sites for hydroxylation is 2. The zero-order chi connectivity index (χ0) is 15.8. The van der Waals surface area contributed by atoms with Crippen LogP contribution in [0.15, 0.2) is 10.5 Å². The summed E-state index contributed by atoms with van der Waals surface area (Å²) in [4.78, 5) is 11.8. The number of hydrogen-bond acceptors (Lipinski definition) is 3. The number of amides is 2. The number of carbonyl (C=O) groups is 1. The van der Waals surface area contributed by atoms with Gasteiger partial charge in [-0.1, -0.05) is 13.8 Å². The molecule has 0 bridgehead atoms. The molecule has 0 saturated carbocycles. The minimum atomic E-state index is -0.181. The zero-order valence-corrected chi connectivity index (χ0v) is 13.5. The first kappa shape index (κ1) is 17.6. The topological polar surface area (TPSA) is 74.5 Å². The molecule has 1 aromatic heterocycles. The highest BCUT2D eigenvalue weighted by molar-refractivity contribution is 5.73. The summed E-state index contributed by atoms with van der Waals surface area (Å²) in [7, 11) is 0. The second kappa shape index (κ2) is 8.72. The smallest absolute Gasteiger partial charge is 0.315 e. The van der Waals surface area contributed by atoms with Gasteiger partial charge in [-0.3, -0.25) is 0 Å². The summed E-state index contributed by atoms with van der Waals surface area (Å²) in [5, 5.41) is 14.8. The van der Waals surface area contributed by atoms with E-state index in [0.29, 0.717) is 24.9 Å². The first-order chi connectivity index (χ1) is 9.92. The molecular weight excluding hydrogens is 268 g/mol. The quantitative estimate of drug-likeness (QED) is 0.690. The lowest BCUT2D eigenvalue weighted by Crippen LogP contribution is -2.38. The predicted molar refractivity (Wildman–Crippen MR) is 83.1 cm³/mol. The minimum absolute atomic E-state index is 0.161. The van der Waals surface area contributed by atoms with Crippen LogP contribution in [0.2, 0.25) is 0 Å². The maximum absolute atomic E-state index is 11.8. The number of aliphatic hydroxyl groups excluding tert-OH is 1. The Bertz CT molecular complexity index is 441. The fourth-order valence-electron chi connectivity index (χ4n) is 2.49. The Morgan fingerprint density at radius 1 is 1.33 bits per heavy atom. The van der Waals surface area contributed by atoms with Crippen molar-refractivity contribution in [2.75, 3.05) is 13.2 Å². The van der Waals surface area contributed by atoms with Crippen molar-refractivity contribution in [3.8, 4) is 0 Å². The molecule has 1 atom stereocenters. The van der Waals surface area contributed by atoms with Crippen LogP contribution in [0.4, 0.5) is 4.79 Å². The molecule has 1 aromatic rings. The second-order valence-corrected chi connectivity index (χ2v) is 6.01. The van der Waals surface area contributed by atoms with Crippen LogP contribution in [-0.2, 0) is 6.54 Å². The van der Waals surface area contributed by atoms with E-state index in [1.807, 2.05) is 19.9 Å². The van der Waals surface area contributed by atoms with Crippen LogP contribution < -0.4 is 10.6 Å². The molecule has 21 heavy (non-hydrogen) atoms. The molecule has 120 valence electrons. The predicted octanol–water partition coefficient (Wildman–Crippen LogP) is 2.74. The fourth-order valence-corrected chi connectivity index (χ4v) is 2.49. The molecule has 0 aliphatic carbocycles. The van der Waals surface area contributed by atoms with Crippen molar-refractivity contribution in [3.63, 3.8) is 0 Å². The van der Waals surface area contributed by atoms with Gasteiger partial charge in [0, 0.05) is 25.3 Å². The second-order valence-electron chi connectivity index (χ2n) is 6.01. The van der Waals surface area contributed by atoms with Crippen LogP contribution >= 0.6 is 0 Å². The number of aliphatic hydroxyl groups is 1. The Morgan fingerprint density at radius 2 is 2.05 bits per heavy atom. The zero-order valence-electron chi connectivity index (χ0n) is 13.5. The number of furan rings is 1. The van der Waals surface area contributed by atoms with E-state index in [1.54, 1.807) is 0 Å². The van der Waals surface area contributed by atoms with Crippen molar-refractivity contribution in [3.05, 3.63) is 23.2 Å². The van der Waals surface area contributed by atoms with Crippen LogP contribution in [0.1, 0.15) is 43.8 Å². The van der Waals surface area contributed by atoms with Gasteiger partial charge in [0.05, 0.1) is 0 Å². The Kier molecular flexibility index (Phi) is 7.29. The standard InChI is InChI=1S/C16H28N2O3/c1-11(2)7-14(5-6-19)9-17-16(20)18-10-15-8-12(3)21-13(15)4/h8,11,14,19H,5-7,9-10H2,1-4H3,(H2,17,18,20). The van der Waals surface area contributed by atoms with Crippen molar-refractivity contribution >= 4 is 6.03 Å². The maximum Gasteiger partial charge on any atom is 0.315 e. The Labute approximate surface area is 127 Å². The summed E-state index contributed by atoms with van der Waals surface area (Å²) in [5.74, 6) is 2.57. The van der Waals surface area contributed by atoms with Gasteiger partial charge in [-0.25, -0.2) is 4.79 Å². The Balaban J connectivity index is 2.33. The number of carbonyl (C=O) groups excluding carboxylic acids is 1. The SMILES string of the molecule is Cc1cc(CNC(=O)NCC(CCO)CC(C)C)c(C)o1. The van der Waals surface area contributed by atoms with E-state index >= 15 is 0 Å². The number of hydrogen-bond donors (Lipinski definition) is 3. The van der Waals surface area contributed by atoms with Crippen molar-refractivity contribution in [1.29, 1.82) is 0 Å². The lowest BCUT2D eigenvalue weighted by atomic mass is 9.94. The lowest BCUT2D eigenvalue weighted by Gasteiger charge is -2.18. The Morgan fingerprint density at radius 3 is 2.57 bits per heavy atom. The maximum atomic E-state index is 11.8. The highest BCUT2D eigenvalue weighted by Crippen LogP contribution is 2.14. The number of urea groups is 1. The largest absolute Gasteiger partial charge is 0.466 e. The van der Waals surface area contributed by atoms with Gasteiger partial charge in [0.25, 0.3) is 0 Å². The molecule has 2 amide bonds. The Hall–Kier alpha value is -1.49. The molecule has 3 N–H and O–H groups in total. The molecule has 0 aromatic carbocycles. The summed E-state index contributed by atoms with van der Waals surface area (Å²) < 4.78 is 5.42. The highest BCUT2D eigenvalue weighted by atomic mass is 16.3. The van der Waals surface area contributed by atoms with E-state index in [1.165, 1.54) is 0 Å². The third-order valence-corrected chi connectivity index (χ3v) is 3.48. The highest BCUT2D eigenvalue weighted by Gasteiger charge is 2.12. The monoisotopic (exact) mass is 296 g/mol. The fraction of sp³-hybridized carbons (Fsp3) is 0.688. The van der Waals surface area contributed by atoms with Crippen LogP contribution in [0, 0.1) is 25.7 Å². The van der Waals surface area contributed by atoms with Gasteiger partial charge in [0.2, 0.25) is 0 Å². The van der Waals surface area contributed by atoms with E-state index < -0.39 is 0 Å². The molecule has 1 heterocycles. The molecule has 5 heteroatoms. The third-order valence-electron chi connectivity index (χ3n) is 3.48. The van der Waals surface area contributed by atoms with Gasteiger partial charge in [0.1, 0.15) is 11.5 Å². The van der Waals surface area contributed by atoms with Crippen LogP contribution in [0.25, 0.3) is 0 Å². The van der Waals surface area contributed by atoms with Gasteiger partial charge in [-0.05, 0) is 44.6 Å². The first-order valence-corrected chi connectivity index (χ1v) is 7.60. The van der Waals surface area contributed by atoms with Gasteiger partial charge in [0.15, 0.2) is 0 Å². The molecule has 0 radical (unpaired) electrons. The molecule has 5 nitrogen and oxygen atoms in total. The van der Waals surface area contributed by atoms with E-state index in [-0.39, 0.29) is 12.6 Å². The van der Waals surface area contributed by atoms with Crippen LogP contribution in [0.3, 0.4) is 0 Å². The molecule has 0 spiro atoms. The summed E-state index contributed by atoms with van der Waals surface area (Å²) in [6.45, 7) is 9.29. The van der Waals surface area contributed by atoms with Gasteiger partial charge < -0.3 is 20.2 Å². The van der Waals surface area contributed by atoms with E-state index in [4.69, 9.17) is 9.52 Å². The normalized spacial score (nSPS) is 12.5. The van der Waals surface area contributed by atoms with Crippen molar-refractivity contribution in [2.24, 2.45) is 11.8 Å². The van der Waals surface area contributed by atoms with Gasteiger partial charge in [-0.15, -0.1) is 0 Å². The van der Waals surface area contributed by atoms with Crippen molar-refractivity contribution in [2.45, 2.75) is 47.1 Å². The average Bonchev–Trinajstić information content (AvgIpc) is 2.71. The third kappa shape index (κ3) is 6.67. The van der Waals surface area contributed by atoms with Crippen LogP contribution in [-0.4, -0.2) is 24.3 Å². The van der Waals surface area contributed by atoms with Crippen molar-refractivity contribution in [1.82, 2.24) is 10.6 Å². The molecule has 0 aliphatic heterocycles. The molecule has 1 rings (SSSR count). The average molecular weight is 296 g/mol. The number of rotatable bonds is 8. The summed E-state index contributed by atoms with van der Waals surface area (Å²) in [5.41, 5.74) is 0.997. The minimum Gasteiger partial charge on any atom is -0.466 e. The summed E-state index contributed by atoms with van der Waals surface area (Å²) >= 11 is 0. The molecule has 1 unspecified atom stereocenters.